The number of aromatic nitrogens is 3. The van der Waals surface area contributed by atoms with Gasteiger partial charge in [0.25, 0.3) is 0 Å². The summed E-state index contributed by atoms with van der Waals surface area (Å²) in [7, 11) is 0. The maximum absolute atomic E-state index is 5.44. The second-order valence-electron chi connectivity index (χ2n) is 4.98. The van der Waals surface area contributed by atoms with Gasteiger partial charge in [0.05, 0.1) is 0 Å². The molecule has 1 saturated heterocycles. The first-order valence-corrected chi connectivity index (χ1v) is 6.23. The molecular formula is C13H16N4O. The fourth-order valence-corrected chi connectivity index (χ4v) is 2.27. The second-order valence-corrected chi connectivity index (χ2v) is 4.98. The monoisotopic (exact) mass is 244 g/mol. The fourth-order valence-electron chi connectivity index (χ4n) is 2.27. The molecule has 1 aliphatic heterocycles. The topological polar surface area (TPSA) is 63.8 Å². The van der Waals surface area contributed by atoms with E-state index in [1.54, 1.807) is 12.4 Å². The molecule has 3 rings (SSSR count). The number of nitrogens with one attached hydrogen (secondary N) is 1. The minimum atomic E-state index is -0.00128. The Labute approximate surface area is 106 Å². The summed E-state index contributed by atoms with van der Waals surface area (Å²) < 4.78 is 5.44. The summed E-state index contributed by atoms with van der Waals surface area (Å²) >= 11 is 0. The van der Waals surface area contributed by atoms with Gasteiger partial charge in [-0.05, 0) is 38.1 Å². The SMILES string of the molecule is CC1(c2nc(-c3cccnc3)no2)CCNCC1. The largest absolute Gasteiger partial charge is 0.338 e. The van der Waals surface area contributed by atoms with E-state index in [0.29, 0.717) is 5.82 Å². The van der Waals surface area contributed by atoms with Crippen molar-refractivity contribution in [2.75, 3.05) is 13.1 Å². The van der Waals surface area contributed by atoms with Crippen molar-refractivity contribution in [3.8, 4) is 11.4 Å². The Hall–Kier alpha value is -1.75. The highest BCUT2D eigenvalue weighted by Crippen LogP contribution is 2.32. The highest BCUT2D eigenvalue weighted by atomic mass is 16.5. The third-order valence-corrected chi connectivity index (χ3v) is 3.57. The van der Waals surface area contributed by atoms with E-state index in [1.807, 2.05) is 12.1 Å². The van der Waals surface area contributed by atoms with Gasteiger partial charge in [-0.25, -0.2) is 0 Å². The molecule has 94 valence electrons. The molecule has 3 heterocycles. The Morgan fingerprint density at radius 2 is 2.17 bits per heavy atom. The van der Waals surface area contributed by atoms with Gasteiger partial charge in [0.1, 0.15) is 0 Å². The molecule has 1 aliphatic rings. The van der Waals surface area contributed by atoms with Gasteiger partial charge < -0.3 is 9.84 Å². The summed E-state index contributed by atoms with van der Waals surface area (Å²) in [5, 5.41) is 7.41. The van der Waals surface area contributed by atoms with Crippen molar-refractivity contribution in [2.45, 2.75) is 25.2 Å². The van der Waals surface area contributed by atoms with Gasteiger partial charge in [-0.2, -0.15) is 4.98 Å². The van der Waals surface area contributed by atoms with Crippen molar-refractivity contribution >= 4 is 0 Å². The minimum Gasteiger partial charge on any atom is -0.338 e. The van der Waals surface area contributed by atoms with Crippen LogP contribution in [0.2, 0.25) is 0 Å². The maximum Gasteiger partial charge on any atom is 0.232 e. The highest BCUT2D eigenvalue weighted by Gasteiger charge is 2.34. The van der Waals surface area contributed by atoms with E-state index in [1.165, 1.54) is 0 Å². The molecule has 0 atom stereocenters. The second kappa shape index (κ2) is 4.49. The van der Waals surface area contributed by atoms with Crippen LogP contribution in [0, 0.1) is 0 Å². The van der Waals surface area contributed by atoms with Crippen molar-refractivity contribution in [3.63, 3.8) is 0 Å². The van der Waals surface area contributed by atoms with Crippen LogP contribution in [0.25, 0.3) is 11.4 Å². The van der Waals surface area contributed by atoms with Gasteiger partial charge in [0.2, 0.25) is 11.7 Å². The van der Waals surface area contributed by atoms with Crippen molar-refractivity contribution in [1.29, 1.82) is 0 Å². The van der Waals surface area contributed by atoms with E-state index in [9.17, 15) is 0 Å². The molecule has 2 aromatic rings. The molecule has 0 amide bonds. The molecule has 0 saturated carbocycles. The van der Waals surface area contributed by atoms with Crippen LogP contribution in [0.3, 0.4) is 0 Å². The Morgan fingerprint density at radius 3 is 2.89 bits per heavy atom. The van der Waals surface area contributed by atoms with E-state index in [0.717, 1.165) is 37.4 Å². The lowest BCUT2D eigenvalue weighted by Gasteiger charge is -2.30. The number of hydrogen-bond donors (Lipinski definition) is 1. The molecule has 2 aromatic heterocycles. The number of piperidine rings is 1. The molecule has 1 N–H and O–H groups in total. The van der Waals surface area contributed by atoms with Gasteiger partial charge in [0.15, 0.2) is 0 Å². The van der Waals surface area contributed by atoms with Crippen LogP contribution in [0.5, 0.6) is 0 Å². The molecule has 0 aliphatic carbocycles. The first kappa shape index (κ1) is 11.3. The lowest BCUT2D eigenvalue weighted by atomic mass is 9.81. The molecule has 5 nitrogen and oxygen atoms in total. The third kappa shape index (κ3) is 2.01. The minimum absolute atomic E-state index is 0.00128. The normalized spacial score (nSPS) is 18.7. The van der Waals surface area contributed by atoms with E-state index < -0.39 is 0 Å². The third-order valence-electron chi connectivity index (χ3n) is 3.57. The van der Waals surface area contributed by atoms with E-state index in [4.69, 9.17) is 4.52 Å². The van der Waals surface area contributed by atoms with Crippen molar-refractivity contribution in [2.24, 2.45) is 0 Å². The highest BCUT2D eigenvalue weighted by molar-refractivity contribution is 5.52. The maximum atomic E-state index is 5.44. The molecule has 1 fully saturated rings. The summed E-state index contributed by atoms with van der Waals surface area (Å²) in [6, 6.07) is 3.81. The lowest BCUT2D eigenvalue weighted by Crippen LogP contribution is -2.37. The van der Waals surface area contributed by atoms with Crippen LogP contribution in [0.1, 0.15) is 25.7 Å². The van der Waals surface area contributed by atoms with Gasteiger partial charge in [-0.1, -0.05) is 12.1 Å². The average molecular weight is 244 g/mol. The van der Waals surface area contributed by atoms with Crippen LogP contribution in [-0.4, -0.2) is 28.2 Å². The van der Waals surface area contributed by atoms with Crippen LogP contribution >= 0.6 is 0 Å². The van der Waals surface area contributed by atoms with Crippen molar-refractivity contribution in [3.05, 3.63) is 30.4 Å². The zero-order valence-corrected chi connectivity index (χ0v) is 10.4. The van der Waals surface area contributed by atoms with Crippen LogP contribution in [0.15, 0.2) is 29.0 Å². The predicted molar refractivity (Wildman–Crippen MR) is 67.0 cm³/mol. The smallest absolute Gasteiger partial charge is 0.232 e. The Bertz CT molecular complexity index is 517. The Kier molecular flexibility index (Phi) is 2.83. The van der Waals surface area contributed by atoms with Gasteiger partial charge in [-0.15, -0.1) is 0 Å². The van der Waals surface area contributed by atoms with Crippen LogP contribution in [-0.2, 0) is 5.41 Å². The molecule has 0 unspecified atom stereocenters. The van der Waals surface area contributed by atoms with Gasteiger partial charge in [-0.3, -0.25) is 4.98 Å². The molecule has 0 spiro atoms. The summed E-state index contributed by atoms with van der Waals surface area (Å²) in [6.45, 7) is 4.19. The average Bonchev–Trinajstić information content (AvgIpc) is 2.91. The number of rotatable bonds is 2. The quantitative estimate of drug-likeness (QED) is 0.872. The van der Waals surface area contributed by atoms with Crippen LogP contribution < -0.4 is 5.32 Å². The standard InChI is InChI=1S/C13H16N4O/c1-13(4-7-14-8-5-13)12-16-11(17-18-12)10-3-2-6-15-9-10/h2-3,6,9,14H,4-5,7-8H2,1H3. The summed E-state index contributed by atoms with van der Waals surface area (Å²) in [5.74, 6) is 1.36. The molecular weight excluding hydrogens is 228 g/mol. The lowest BCUT2D eigenvalue weighted by molar-refractivity contribution is 0.241. The number of pyridine rings is 1. The molecule has 0 bridgehead atoms. The molecule has 0 radical (unpaired) electrons. The van der Waals surface area contributed by atoms with E-state index >= 15 is 0 Å². The van der Waals surface area contributed by atoms with Crippen molar-refractivity contribution < 1.29 is 4.52 Å². The Balaban J connectivity index is 1.89. The van der Waals surface area contributed by atoms with Gasteiger partial charge >= 0.3 is 0 Å². The van der Waals surface area contributed by atoms with E-state index in [-0.39, 0.29) is 5.41 Å². The number of hydrogen-bond acceptors (Lipinski definition) is 5. The molecule has 18 heavy (non-hydrogen) atoms. The summed E-state index contributed by atoms with van der Waals surface area (Å²) in [6.07, 6.45) is 5.54. The first-order valence-electron chi connectivity index (χ1n) is 6.23. The molecule has 0 aromatic carbocycles. The fraction of sp³-hybridized carbons (Fsp3) is 0.462. The summed E-state index contributed by atoms with van der Waals surface area (Å²) in [5.41, 5.74) is 0.892. The summed E-state index contributed by atoms with van der Waals surface area (Å²) in [4.78, 5) is 8.60. The van der Waals surface area contributed by atoms with Gasteiger partial charge in [0, 0.05) is 23.4 Å². The van der Waals surface area contributed by atoms with E-state index in [2.05, 4.69) is 27.4 Å². The Morgan fingerprint density at radius 1 is 1.33 bits per heavy atom. The zero-order chi connectivity index (χ0) is 12.4. The first-order chi connectivity index (χ1) is 8.78. The predicted octanol–water partition coefficient (Wildman–Crippen LogP) is 1.77. The zero-order valence-electron chi connectivity index (χ0n) is 10.4. The molecule has 5 heteroatoms. The van der Waals surface area contributed by atoms with Crippen molar-refractivity contribution in [1.82, 2.24) is 20.4 Å². The number of nitrogens with zero attached hydrogens (tertiary/aromatic N) is 3. The van der Waals surface area contributed by atoms with Crippen LogP contribution in [0.4, 0.5) is 0 Å².